The van der Waals surface area contributed by atoms with Crippen LogP contribution < -0.4 is 0 Å². The predicted octanol–water partition coefficient (Wildman–Crippen LogP) is 12.4. The first-order chi connectivity index (χ1) is 22.8. The lowest BCUT2D eigenvalue weighted by atomic mass is 9.92. The van der Waals surface area contributed by atoms with Crippen LogP contribution >= 0.6 is 0 Å². The number of pyridine rings is 1. The number of fused-ring (bicyclic) bond motifs is 6. The fourth-order valence-electron chi connectivity index (χ4n) is 6.99. The zero-order valence-electron chi connectivity index (χ0n) is 25.2. The lowest BCUT2D eigenvalue weighted by Gasteiger charge is -2.14. The summed E-state index contributed by atoms with van der Waals surface area (Å²) in [5.74, 6) is 0. The van der Waals surface area contributed by atoms with E-state index in [-0.39, 0.29) is 0 Å². The molecule has 8 aromatic carbocycles. The van der Waals surface area contributed by atoms with Gasteiger partial charge in [0.1, 0.15) is 0 Å². The second-order valence-corrected chi connectivity index (χ2v) is 12.0. The van der Waals surface area contributed by atoms with Gasteiger partial charge in [-0.15, -0.1) is 0 Å². The third-order valence-electron chi connectivity index (χ3n) is 9.24. The maximum Gasteiger partial charge on any atom is 0.0722 e. The number of rotatable bonds is 4. The minimum absolute atomic E-state index is 0.975. The number of benzene rings is 8. The summed E-state index contributed by atoms with van der Waals surface area (Å²) in [5.41, 5.74) is 10.3. The van der Waals surface area contributed by atoms with Crippen LogP contribution in [0.4, 0.5) is 0 Å². The monoisotopic (exact) mass is 583 g/mol. The topological polar surface area (TPSA) is 12.9 Å². The molecule has 0 saturated heterocycles. The molecule has 1 aromatic heterocycles. The van der Waals surface area contributed by atoms with Crippen molar-refractivity contribution < 1.29 is 0 Å². The molecule has 46 heavy (non-hydrogen) atoms. The molecule has 0 N–H and O–H groups in total. The van der Waals surface area contributed by atoms with Crippen LogP contribution in [-0.2, 0) is 0 Å². The largest absolute Gasteiger partial charge is 0.248 e. The highest BCUT2D eigenvalue weighted by Gasteiger charge is 2.14. The van der Waals surface area contributed by atoms with E-state index in [0.717, 1.165) is 16.8 Å². The Morgan fingerprint density at radius 3 is 1.74 bits per heavy atom. The average Bonchev–Trinajstić information content (AvgIpc) is 3.14. The molecule has 1 nitrogen and oxygen atoms in total. The molecule has 0 aliphatic heterocycles. The zero-order chi connectivity index (χ0) is 30.5. The molecule has 0 bridgehead atoms. The summed E-state index contributed by atoms with van der Waals surface area (Å²) in [6.07, 6.45) is 0. The molecule has 0 aliphatic rings. The molecular weight excluding hydrogens is 555 g/mol. The second-order valence-electron chi connectivity index (χ2n) is 12.0. The number of hydrogen-bond acceptors (Lipinski definition) is 1. The van der Waals surface area contributed by atoms with Crippen LogP contribution in [0, 0.1) is 0 Å². The van der Waals surface area contributed by atoms with Crippen molar-refractivity contribution in [2.75, 3.05) is 0 Å². The summed E-state index contributed by atoms with van der Waals surface area (Å²) in [6, 6.07) is 63.3. The Morgan fingerprint density at radius 2 is 0.913 bits per heavy atom. The third-order valence-corrected chi connectivity index (χ3v) is 9.24. The molecule has 0 unspecified atom stereocenters. The maximum atomic E-state index is 5.22. The van der Waals surface area contributed by atoms with Crippen LogP contribution in [-0.4, -0.2) is 4.98 Å². The average molecular weight is 584 g/mol. The molecule has 9 rings (SSSR count). The lowest BCUT2D eigenvalue weighted by Crippen LogP contribution is -1.92. The molecule has 0 radical (unpaired) electrons. The van der Waals surface area contributed by atoms with Gasteiger partial charge in [0.25, 0.3) is 0 Å². The Morgan fingerprint density at radius 1 is 0.304 bits per heavy atom. The van der Waals surface area contributed by atoms with Crippen molar-refractivity contribution >= 4 is 43.2 Å². The van der Waals surface area contributed by atoms with Gasteiger partial charge in [-0.2, -0.15) is 0 Å². The van der Waals surface area contributed by atoms with Crippen molar-refractivity contribution in [3.8, 4) is 44.6 Å². The van der Waals surface area contributed by atoms with Gasteiger partial charge in [0.2, 0.25) is 0 Å². The van der Waals surface area contributed by atoms with Gasteiger partial charge >= 0.3 is 0 Å². The van der Waals surface area contributed by atoms with Gasteiger partial charge in [-0.3, -0.25) is 0 Å². The fraction of sp³-hybridized carbons (Fsp3) is 0. The summed E-state index contributed by atoms with van der Waals surface area (Å²) in [4.78, 5) is 5.22. The Labute approximate surface area is 268 Å². The van der Waals surface area contributed by atoms with E-state index in [1.54, 1.807) is 0 Å². The molecule has 214 valence electrons. The van der Waals surface area contributed by atoms with Gasteiger partial charge in [0, 0.05) is 10.9 Å². The molecule has 0 atom stereocenters. The number of nitrogens with zero attached hydrogens (tertiary/aromatic N) is 1. The van der Waals surface area contributed by atoms with E-state index < -0.39 is 0 Å². The first-order valence-corrected chi connectivity index (χ1v) is 15.8. The molecule has 0 spiro atoms. The van der Waals surface area contributed by atoms with Gasteiger partial charge in [-0.05, 0) is 90.0 Å². The van der Waals surface area contributed by atoms with Crippen LogP contribution in [0.3, 0.4) is 0 Å². The van der Waals surface area contributed by atoms with E-state index in [1.807, 2.05) is 0 Å². The second kappa shape index (κ2) is 10.8. The van der Waals surface area contributed by atoms with Crippen molar-refractivity contribution in [1.29, 1.82) is 0 Å². The van der Waals surface area contributed by atoms with Crippen LogP contribution in [0.25, 0.3) is 87.9 Å². The number of hydrogen-bond donors (Lipinski definition) is 0. The predicted molar refractivity (Wildman–Crippen MR) is 196 cm³/mol. The van der Waals surface area contributed by atoms with Crippen molar-refractivity contribution in [2.45, 2.75) is 0 Å². The van der Waals surface area contributed by atoms with Gasteiger partial charge in [0.05, 0.1) is 11.2 Å². The third kappa shape index (κ3) is 4.45. The highest BCUT2D eigenvalue weighted by atomic mass is 14.7. The van der Waals surface area contributed by atoms with Crippen LogP contribution in [0.5, 0.6) is 0 Å². The van der Waals surface area contributed by atoms with E-state index in [0.29, 0.717) is 0 Å². The van der Waals surface area contributed by atoms with Crippen LogP contribution in [0.1, 0.15) is 0 Å². The number of aromatic nitrogens is 1. The first-order valence-electron chi connectivity index (χ1n) is 15.8. The van der Waals surface area contributed by atoms with Crippen molar-refractivity contribution in [3.05, 3.63) is 176 Å². The van der Waals surface area contributed by atoms with Crippen molar-refractivity contribution in [2.24, 2.45) is 0 Å². The Balaban J connectivity index is 1.14. The van der Waals surface area contributed by atoms with E-state index in [9.17, 15) is 0 Å². The molecule has 1 heterocycles. The normalized spacial score (nSPS) is 11.5. The summed E-state index contributed by atoms with van der Waals surface area (Å²) < 4.78 is 0. The van der Waals surface area contributed by atoms with Crippen LogP contribution in [0.2, 0.25) is 0 Å². The van der Waals surface area contributed by atoms with Gasteiger partial charge in [-0.1, -0.05) is 152 Å². The highest BCUT2D eigenvalue weighted by Crippen LogP contribution is 2.38. The van der Waals surface area contributed by atoms with E-state index in [2.05, 4.69) is 176 Å². The SMILES string of the molecule is c1ccc(-c2cc(-c3cccc(-c4ccc(-c5cc6ccccc6c6ccccc56)cc4)c3)nc3ccc4ccccc4c23)cc1. The molecule has 1 heteroatoms. The molecule has 0 amide bonds. The minimum Gasteiger partial charge on any atom is -0.248 e. The van der Waals surface area contributed by atoms with Crippen molar-refractivity contribution in [3.63, 3.8) is 0 Å². The summed E-state index contributed by atoms with van der Waals surface area (Å²) in [5, 5.41) is 8.77. The van der Waals surface area contributed by atoms with Gasteiger partial charge in [0.15, 0.2) is 0 Å². The minimum atomic E-state index is 0.975. The Hall–Kier alpha value is -6.05. The quantitative estimate of drug-likeness (QED) is 0.188. The first kappa shape index (κ1) is 26.4. The Bertz CT molecular complexity index is 2560. The standard InChI is InChI=1S/C45H29N/c1-2-11-31(12-3-1)42-29-44(46-43-26-25-32-13-4-7-18-38(32)45(42)43)36-16-10-15-34(27-36)30-21-23-33(24-22-30)41-28-35-14-5-6-17-37(35)39-19-8-9-20-40(39)41/h1-29H. The zero-order valence-corrected chi connectivity index (χ0v) is 25.2. The molecule has 9 aromatic rings. The fourth-order valence-corrected chi connectivity index (χ4v) is 6.99. The van der Waals surface area contributed by atoms with E-state index in [1.165, 1.54) is 71.1 Å². The van der Waals surface area contributed by atoms with Gasteiger partial charge < -0.3 is 0 Å². The van der Waals surface area contributed by atoms with Crippen LogP contribution in [0.15, 0.2) is 176 Å². The Kier molecular flexibility index (Phi) is 6.21. The smallest absolute Gasteiger partial charge is 0.0722 e. The molecule has 0 fully saturated rings. The van der Waals surface area contributed by atoms with Gasteiger partial charge in [-0.25, -0.2) is 4.98 Å². The van der Waals surface area contributed by atoms with E-state index >= 15 is 0 Å². The molecule has 0 saturated carbocycles. The summed E-state index contributed by atoms with van der Waals surface area (Å²) in [6.45, 7) is 0. The van der Waals surface area contributed by atoms with E-state index in [4.69, 9.17) is 4.98 Å². The lowest BCUT2D eigenvalue weighted by molar-refractivity contribution is 1.40. The molecule has 0 aliphatic carbocycles. The summed E-state index contributed by atoms with van der Waals surface area (Å²) in [7, 11) is 0. The highest BCUT2D eigenvalue weighted by molar-refractivity contribution is 6.15. The molecular formula is C45H29N. The summed E-state index contributed by atoms with van der Waals surface area (Å²) >= 11 is 0. The van der Waals surface area contributed by atoms with Crippen molar-refractivity contribution in [1.82, 2.24) is 4.98 Å². The maximum absolute atomic E-state index is 5.22.